The molecule has 1 heterocycles. The summed E-state index contributed by atoms with van der Waals surface area (Å²) in [6, 6.07) is 14.5. The van der Waals surface area contributed by atoms with Gasteiger partial charge in [-0.25, -0.2) is 9.59 Å². The number of amides is 1. The van der Waals surface area contributed by atoms with Crippen LogP contribution in [0.4, 0.5) is 0 Å². The number of aliphatic carboxylic acids is 2. The number of carbonyl (C=O) groups excluding carboxylic acids is 1. The average Bonchev–Trinajstić information content (AvgIpc) is 3.00. The molecule has 2 aromatic carbocycles. The van der Waals surface area contributed by atoms with Gasteiger partial charge in [-0.1, -0.05) is 66.4 Å². The van der Waals surface area contributed by atoms with E-state index in [-0.39, 0.29) is 15.6 Å². The van der Waals surface area contributed by atoms with Gasteiger partial charge >= 0.3 is 11.9 Å². The van der Waals surface area contributed by atoms with Crippen molar-refractivity contribution in [3.63, 3.8) is 0 Å². The second kappa shape index (κ2) is 9.76. The van der Waals surface area contributed by atoms with Crippen molar-refractivity contribution in [2.24, 2.45) is 0 Å². The lowest BCUT2D eigenvalue weighted by atomic mass is 10.0. The van der Waals surface area contributed by atoms with Crippen LogP contribution >= 0.6 is 24.0 Å². The van der Waals surface area contributed by atoms with E-state index in [1.165, 1.54) is 6.92 Å². The molecule has 0 aliphatic carbocycles. The molecule has 0 saturated carbocycles. The van der Waals surface area contributed by atoms with E-state index >= 15 is 0 Å². The van der Waals surface area contributed by atoms with Crippen LogP contribution in [-0.2, 0) is 20.8 Å². The summed E-state index contributed by atoms with van der Waals surface area (Å²) in [6.45, 7) is 1.42. The molecule has 2 aromatic rings. The number of carboxylic acid groups (broad SMARTS) is 2. The lowest BCUT2D eigenvalue weighted by Gasteiger charge is -2.23. The topological polar surface area (TPSA) is 104 Å². The number of carboxylic acids is 2. The number of rotatable bonds is 8. The summed E-state index contributed by atoms with van der Waals surface area (Å²) in [5, 5.41) is 18.7. The molecule has 0 bridgehead atoms. The molecule has 0 aromatic heterocycles. The zero-order valence-electron chi connectivity index (χ0n) is 16.4. The molecular formula is C22H19NO6S2. The molecule has 1 amide bonds. The monoisotopic (exact) mass is 457 g/mol. The summed E-state index contributed by atoms with van der Waals surface area (Å²) in [6.07, 6.45) is 0.688. The van der Waals surface area contributed by atoms with E-state index < -0.39 is 30.0 Å². The second-order valence-corrected chi connectivity index (χ2v) is 8.44. The summed E-state index contributed by atoms with van der Waals surface area (Å²) in [5.41, 5.74) is 1.39. The lowest BCUT2D eigenvalue weighted by molar-refractivity contribution is -0.145. The van der Waals surface area contributed by atoms with Crippen molar-refractivity contribution >= 4 is 52.2 Å². The van der Waals surface area contributed by atoms with Crippen molar-refractivity contribution in [1.29, 1.82) is 0 Å². The predicted octanol–water partition coefficient (Wildman–Crippen LogP) is 3.44. The van der Waals surface area contributed by atoms with Gasteiger partial charge in [0.2, 0.25) is 0 Å². The van der Waals surface area contributed by atoms with E-state index in [1.807, 2.05) is 6.07 Å². The smallest absolute Gasteiger partial charge is 0.344 e. The van der Waals surface area contributed by atoms with E-state index in [9.17, 15) is 19.5 Å². The van der Waals surface area contributed by atoms with Gasteiger partial charge in [0, 0.05) is 6.42 Å². The Hall–Kier alpha value is -3.17. The van der Waals surface area contributed by atoms with Crippen molar-refractivity contribution in [2.45, 2.75) is 25.5 Å². The number of thiocarbonyl (C=S) groups is 1. The summed E-state index contributed by atoms with van der Waals surface area (Å²) >= 11 is 6.34. The first kappa shape index (κ1) is 22.5. The van der Waals surface area contributed by atoms with Crippen LogP contribution in [-0.4, -0.2) is 49.4 Å². The Bertz CT molecular complexity index is 1050. The van der Waals surface area contributed by atoms with Crippen LogP contribution in [0.3, 0.4) is 0 Å². The average molecular weight is 458 g/mol. The highest BCUT2D eigenvalue weighted by Crippen LogP contribution is 2.35. The number of hydrogen-bond donors (Lipinski definition) is 2. The number of nitrogens with zero attached hydrogens (tertiary/aromatic N) is 1. The molecule has 160 valence electrons. The SMILES string of the molecule is CC(Oc1cccc(/C=C2\SC(=S)N(C(Cc3ccccc3)C(=O)O)C2=O)c1)C(=O)O. The van der Waals surface area contributed by atoms with Gasteiger partial charge < -0.3 is 14.9 Å². The van der Waals surface area contributed by atoms with Crippen LogP contribution in [0, 0.1) is 0 Å². The summed E-state index contributed by atoms with van der Waals surface area (Å²) < 4.78 is 5.52. The highest BCUT2D eigenvalue weighted by atomic mass is 32.2. The minimum Gasteiger partial charge on any atom is -0.480 e. The van der Waals surface area contributed by atoms with Crippen LogP contribution in [0.2, 0.25) is 0 Å². The highest BCUT2D eigenvalue weighted by Gasteiger charge is 2.40. The van der Waals surface area contributed by atoms with Crippen LogP contribution in [0.15, 0.2) is 59.5 Å². The summed E-state index contributed by atoms with van der Waals surface area (Å²) in [7, 11) is 0. The number of ether oxygens (including phenoxy) is 1. The van der Waals surface area contributed by atoms with Crippen molar-refractivity contribution in [3.8, 4) is 5.75 Å². The fourth-order valence-electron chi connectivity index (χ4n) is 2.96. The van der Waals surface area contributed by atoms with Crippen LogP contribution in [0.5, 0.6) is 5.75 Å². The fourth-order valence-corrected chi connectivity index (χ4v) is 4.32. The largest absolute Gasteiger partial charge is 0.480 e. The second-order valence-electron chi connectivity index (χ2n) is 6.77. The third kappa shape index (κ3) is 5.50. The Morgan fingerprint density at radius 1 is 1.13 bits per heavy atom. The zero-order valence-corrected chi connectivity index (χ0v) is 18.1. The first-order valence-electron chi connectivity index (χ1n) is 9.29. The molecule has 0 radical (unpaired) electrons. The number of benzene rings is 2. The first-order chi connectivity index (χ1) is 14.8. The molecule has 7 nitrogen and oxygen atoms in total. The molecule has 1 fully saturated rings. The molecule has 31 heavy (non-hydrogen) atoms. The first-order valence-corrected chi connectivity index (χ1v) is 10.5. The summed E-state index contributed by atoms with van der Waals surface area (Å²) in [5.74, 6) is -2.38. The molecule has 2 atom stereocenters. The van der Waals surface area contributed by atoms with Gasteiger partial charge in [-0.2, -0.15) is 0 Å². The Morgan fingerprint density at radius 3 is 2.48 bits per heavy atom. The van der Waals surface area contributed by atoms with Gasteiger partial charge in [-0.3, -0.25) is 9.69 Å². The van der Waals surface area contributed by atoms with Gasteiger partial charge in [-0.15, -0.1) is 0 Å². The van der Waals surface area contributed by atoms with Crippen LogP contribution in [0.1, 0.15) is 18.1 Å². The molecule has 3 rings (SSSR count). The normalized spacial score (nSPS) is 16.9. The molecular weight excluding hydrogens is 438 g/mol. The van der Waals surface area contributed by atoms with Crippen molar-refractivity contribution in [3.05, 3.63) is 70.6 Å². The Labute approximate surface area is 188 Å². The van der Waals surface area contributed by atoms with Crippen LogP contribution in [0.25, 0.3) is 6.08 Å². The minimum atomic E-state index is -1.14. The quantitative estimate of drug-likeness (QED) is 0.459. The third-order valence-electron chi connectivity index (χ3n) is 4.51. The van der Waals surface area contributed by atoms with Gasteiger partial charge in [0.1, 0.15) is 16.1 Å². The maximum Gasteiger partial charge on any atom is 0.344 e. The third-order valence-corrected chi connectivity index (χ3v) is 5.84. The number of thioether (sulfide) groups is 1. The predicted molar refractivity (Wildman–Crippen MR) is 121 cm³/mol. The lowest BCUT2D eigenvalue weighted by Crippen LogP contribution is -2.45. The Kier molecular flexibility index (Phi) is 7.09. The van der Waals surface area contributed by atoms with E-state index in [1.54, 1.807) is 54.6 Å². The Morgan fingerprint density at radius 2 is 1.84 bits per heavy atom. The van der Waals surface area contributed by atoms with Crippen molar-refractivity contribution in [2.75, 3.05) is 0 Å². The molecule has 1 aliphatic heterocycles. The van der Waals surface area contributed by atoms with Gasteiger partial charge in [0.05, 0.1) is 4.91 Å². The molecule has 2 N–H and O–H groups in total. The minimum absolute atomic E-state index is 0.131. The van der Waals surface area contributed by atoms with Gasteiger partial charge in [0.25, 0.3) is 5.91 Å². The van der Waals surface area contributed by atoms with E-state index in [2.05, 4.69) is 0 Å². The van der Waals surface area contributed by atoms with Crippen LogP contribution < -0.4 is 4.74 Å². The van der Waals surface area contributed by atoms with E-state index in [0.717, 1.165) is 22.2 Å². The fraction of sp³-hybridized carbons (Fsp3) is 0.182. The number of carbonyl (C=O) groups is 3. The van der Waals surface area contributed by atoms with E-state index in [0.29, 0.717) is 11.3 Å². The summed E-state index contributed by atoms with van der Waals surface area (Å²) in [4.78, 5) is 37.3. The number of hydrogen-bond acceptors (Lipinski definition) is 6. The van der Waals surface area contributed by atoms with Crippen molar-refractivity contribution in [1.82, 2.24) is 4.90 Å². The zero-order chi connectivity index (χ0) is 22.5. The molecule has 0 spiro atoms. The van der Waals surface area contributed by atoms with Gasteiger partial charge in [-0.05, 0) is 36.3 Å². The maximum atomic E-state index is 13.0. The maximum absolute atomic E-state index is 13.0. The van der Waals surface area contributed by atoms with Crippen molar-refractivity contribution < 1.29 is 29.3 Å². The van der Waals surface area contributed by atoms with E-state index in [4.69, 9.17) is 22.1 Å². The highest BCUT2D eigenvalue weighted by molar-refractivity contribution is 8.26. The molecule has 1 aliphatic rings. The standard InChI is InChI=1S/C22H19NO6S2/c1-13(20(25)26)29-16-9-5-8-15(10-16)12-18-19(24)23(22(30)31-18)17(21(27)28)11-14-6-3-2-4-7-14/h2-10,12-13,17H,11H2,1H3,(H,25,26)(H,27,28)/b18-12-. The molecule has 2 unspecified atom stereocenters. The Balaban J connectivity index is 1.82. The molecule has 1 saturated heterocycles. The molecule has 9 heteroatoms. The van der Waals surface area contributed by atoms with Gasteiger partial charge in [0.15, 0.2) is 6.10 Å².